The van der Waals surface area contributed by atoms with E-state index in [1.807, 2.05) is 12.1 Å². The first kappa shape index (κ1) is 17.6. The zero-order chi connectivity index (χ0) is 18.0. The fourth-order valence-corrected chi connectivity index (χ4v) is 3.49. The molecular weight excluding hydrogens is 340 g/mol. The van der Waals surface area contributed by atoms with Gasteiger partial charge in [0.2, 0.25) is 0 Å². The van der Waals surface area contributed by atoms with E-state index in [-0.39, 0.29) is 22.2 Å². The lowest BCUT2D eigenvalue weighted by molar-refractivity contribution is 0.0712. The molecule has 2 aromatic rings. The van der Waals surface area contributed by atoms with Crippen molar-refractivity contribution < 1.29 is 15.0 Å². The highest BCUT2D eigenvalue weighted by molar-refractivity contribution is 6.32. The summed E-state index contributed by atoms with van der Waals surface area (Å²) in [6.07, 6.45) is 1.75. The van der Waals surface area contributed by atoms with Gasteiger partial charge in [0, 0.05) is 25.2 Å². The van der Waals surface area contributed by atoms with Gasteiger partial charge in [-0.3, -0.25) is 4.79 Å². The van der Waals surface area contributed by atoms with E-state index in [0.29, 0.717) is 25.6 Å². The van der Waals surface area contributed by atoms with Crippen molar-refractivity contribution in [1.82, 2.24) is 4.90 Å². The van der Waals surface area contributed by atoms with Gasteiger partial charge in [0.15, 0.2) is 11.5 Å². The van der Waals surface area contributed by atoms with Crippen molar-refractivity contribution in [3.05, 3.63) is 58.1 Å². The number of hydrogen-bond donors (Lipinski definition) is 3. The second kappa shape index (κ2) is 7.33. The Kier molecular flexibility index (Phi) is 5.16. The summed E-state index contributed by atoms with van der Waals surface area (Å²) in [6.45, 7) is 1.79. The smallest absolute Gasteiger partial charge is 0.254 e. The monoisotopic (exact) mass is 360 g/mol. The van der Waals surface area contributed by atoms with E-state index >= 15 is 0 Å². The van der Waals surface area contributed by atoms with E-state index in [0.717, 1.165) is 18.4 Å². The van der Waals surface area contributed by atoms with E-state index in [4.69, 9.17) is 17.3 Å². The third-order valence-corrected chi connectivity index (χ3v) is 5.02. The van der Waals surface area contributed by atoms with Crippen molar-refractivity contribution in [1.29, 1.82) is 0 Å². The number of piperidine rings is 1. The summed E-state index contributed by atoms with van der Waals surface area (Å²) in [7, 11) is 0. The van der Waals surface area contributed by atoms with E-state index in [9.17, 15) is 15.0 Å². The van der Waals surface area contributed by atoms with Gasteiger partial charge in [-0.25, -0.2) is 0 Å². The largest absolute Gasteiger partial charge is 0.504 e. The first-order valence-electron chi connectivity index (χ1n) is 8.29. The number of halogens is 1. The minimum absolute atomic E-state index is 0.0307. The minimum Gasteiger partial charge on any atom is -0.504 e. The van der Waals surface area contributed by atoms with Gasteiger partial charge >= 0.3 is 0 Å². The summed E-state index contributed by atoms with van der Waals surface area (Å²) in [5, 5.41) is 19.1. The first-order valence-corrected chi connectivity index (χ1v) is 8.67. The van der Waals surface area contributed by atoms with Crippen LogP contribution in [0.4, 0.5) is 0 Å². The highest BCUT2D eigenvalue weighted by Gasteiger charge is 2.25. The SMILES string of the molecule is NCc1cccc(C2CCN(C(=O)c3cc(O)c(O)c(Cl)c3)CC2)c1. The maximum atomic E-state index is 12.6. The lowest BCUT2D eigenvalue weighted by Gasteiger charge is -2.32. The van der Waals surface area contributed by atoms with Gasteiger partial charge in [-0.1, -0.05) is 35.9 Å². The average Bonchev–Trinajstić information content (AvgIpc) is 2.65. The molecule has 3 rings (SSSR count). The van der Waals surface area contributed by atoms with Gasteiger partial charge in [-0.2, -0.15) is 0 Å². The predicted molar refractivity (Wildman–Crippen MR) is 97.0 cm³/mol. The third kappa shape index (κ3) is 3.72. The van der Waals surface area contributed by atoms with Crippen LogP contribution in [0.1, 0.15) is 40.2 Å². The number of rotatable bonds is 3. The van der Waals surface area contributed by atoms with Crippen LogP contribution in [0.25, 0.3) is 0 Å². The molecule has 1 aliphatic rings. The van der Waals surface area contributed by atoms with Crippen LogP contribution in [-0.2, 0) is 6.54 Å². The van der Waals surface area contributed by atoms with E-state index < -0.39 is 5.75 Å². The van der Waals surface area contributed by atoms with Crippen LogP contribution >= 0.6 is 11.6 Å². The maximum absolute atomic E-state index is 12.6. The molecule has 1 fully saturated rings. The van der Waals surface area contributed by atoms with Crippen LogP contribution in [0.15, 0.2) is 36.4 Å². The summed E-state index contributed by atoms with van der Waals surface area (Å²) in [4.78, 5) is 14.4. The molecule has 0 bridgehead atoms. The summed E-state index contributed by atoms with van der Waals surface area (Å²) in [5.74, 6) is -0.570. The Balaban J connectivity index is 1.68. The Hall–Kier alpha value is -2.24. The van der Waals surface area contributed by atoms with Gasteiger partial charge in [-0.05, 0) is 42.0 Å². The normalized spacial score (nSPS) is 15.4. The molecule has 5 nitrogen and oxygen atoms in total. The molecule has 6 heteroatoms. The summed E-state index contributed by atoms with van der Waals surface area (Å²) in [5.41, 5.74) is 8.37. The number of hydrogen-bond acceptors (Lipinski definition) is 4. The van der Waals surface area contributed by atoms with Crippen LogP contribution in [0.3, 0.4) is 0 Å². The van der Waals surface area contributed by atoms with Crippen LogP contribution in [-0.4, -0.2) is 34.1 Å². The molecule has 0 saturated carbocycles. The van der Waals surface area contributed by atoms with E-state index in [1.54, 1.807) is 4.90 Å². The molecule has 0 atom stereocenters. The van der Waals surface area contributed by atoms with Crippen LogP contribution in [0.5, 0.6) is 11.5 Å². The standard InChI is InChI=1S/C19H21ClN2O3/c20-16-9-15(10-17(23)18(16)24)19(25)22-6-4-13(5-7-22)14-3-1-2-12(8-14)11-21/h1-3,8-10,13,23-24H,4-7,11,21H2. The second-order valence-corrected chi connectivity index (χ2v) is 6.75. The van der Waals surface area contributed by atoms with Crippen LogP contribution in [0, 0.1) is 0 Å². The lowest BCUT2D eigenvalue weighted by atomic mass is 9.88. The number of amides is 1. The van der Waals surface area contributed by atoms with Gasteiger partial charge in [0.05, 0.1) is 5.02 Å². The number of phenols is 2. The topological polar surface area (TPSA) is 86.8 Å². The van der Waals surface area contributed by atoms with Gasteiger partial charge in [0.1, 0.15) is 0 Å². The molecule has 132 valence electrons. The van der Waals surface area contributed by atoms with Gasteiger partial charge in [-0.15, -0.1) is 0 Å². The molecule has 1 saturated heterocycles. The predicted octanol–water partition coefficient (Wildman–Crippen LogP) is 3.23. The van der Waals surface area contributed by atoms with Crippen molar-refractivity contribution in [3.63, 3.8) is 0 Å². The van der Waals surface area contributed by atoms with E-state index in [1.165, 1.54) is 17.7 Å². The number of nitrogens with two attached hydrogens (primary N) is 1. The summed E-state index contributed by atoms with van der Waals surface area (Å²) >= 11 is 5.84. The minimum atomic E-state index is -0.406. The zero-order valence-corrected chi connectivity index (χ0v) is 14.5. The molecular formula is C19H21ClN2O3. The lowest BCUT2D eigenvalue weighted by Crippen LogP contribution is -2.37. The molecule has 0 aliphatic carbocycles. The van der Waals surface area contributed by atoms with Crippen LogP contribution < -0.4 is 5.73 Å². The first-order chi connectivity index (χ1) is 12.0. The maximum Gasteiger partial charge on any atom is 0.254 e. The van der Waals surface area contributed by atoms with Crippen LogP contribution in [0.2, 0.25) is 5.02 Å². The van der Waals surface area contributed by atoms with Gasteiger partial charge < -0.3 is 20.8 Å². The second-order valence-electron chi connectivity index (χ2n) is 6.34. The third-order valence-electron chi connectivity index (χ3n) is 4.73. The molecule has 0 unspecified atom stereocenters. The number of phenolic OH excluding ortho intramolecular Hbond substituents is 2. The van der Waals surface area contributed by atoms with Crippen molar-refractivity contribution in [3.8, 4) is 11.5 Å². The highest BCUT2D eigenvalue weighted by Crippen LogP contribution is 2.35. The Morgan fingerprint density at radius 2 is 1.92 bits per heavy atom. The van der Waals surface area contributed by atoms with Gasteiger partial charge in [0.25, 0.3) is 5.91 Å². The fraction of sp³-hybridized carbons (Fsp3) is 0.316. The molecule has 0 radical (unpaired) electrons. The van der Waals surface area contributed by atoms with E-state index in [2.05, 4.69) is 12.1 Å². The number of nitrogens with zero attached hydrogens (tertiary/aromatic N) is 1. The summed E-state index contributed by atoms with van der Waals surface area (Å²) < 4.78 is 0. The molecule has 1 amide bonds. The molecule has 1 heterocycles. The van der Waals surface area contributed by atoms with Crippen molar-refractivity contribution in [2.45, 2.75) is 25.3 Å². The number of likely N-dealkylation sites (tertiary alicyclic amines) is 1. The molecule has 25 heavy (non-hydrogen) atoms. The number of carbonyl (C=O) groups excluding carboxylic acids is 1. The highest BCUT2D eigenvalue weighted by atomic mass is 35.5. The average molecular weight is 361 g/mol. The number of aromatic hydroxyl groups is 2. The van der Waals surface area contributed by atoms with Crippen molar-refractivity contribution in [2.24, 2.45) is 5.73 Å². The molecule has 1 aliphatic heterocycles. The molecule has 2 aromatic carbocycles. The Bertz CT molecular complexity index is 763. The molecule has 4 N–H and O–H groups in total. The Morgan fingerprint density at radius 3 is 2.56 bits per heavy atom. The number of carbonyl (C=O) groups is 1. The molecule has 0 spiro atoms. The molecule has 0 aromatic heterocycles. The summed E-state index contributed by atoms with van der Waals surface area (Å²) in [6, 6.07) is 10.9. The number of benzene rings is 2. The Labute approximate surface area is 151 Å². The van der Waals surface area contributed by atoms with Crippen molar-refractivity contribution >= 4 is 17.5 Å². The Morgan fingerprint density at radius 1 is 1.20 bits per heavy atom. The quantitative estimate of drug-likeness (QED) is 0.733. The van der Waals surface area contributed by atoms with Crippen molar-refractivity contribution in [2.75, 3.05) is 13.1 Å². The zero-order valence-electron chi connectivity index (χ0n) is 13.8. The fourth-order valence-electron chi connectivity index (χ4n) is 3.28.